The lowest BCUT2D eigenvalue weighted by atomic mass is 9.97. The Hall–Kier alpha value is -4.25. The Morgan fingerprint density at radius 1 is 0.674 bits per heavy atom. The summed E-state index contributed by atoms with van der Waals surface area (Å²) < 4.78 is 0. The Morgan fingerprint density at radius 2 is 1.19 bits per heavy atom. The molecule has 0 heterocycles. The number of hydroxylamine groups is 2. The van der Waals surface area contributed by atoms with Crippen LogP contribution in [-0.4, -0.2) is 21.5 Å². The molecule has 0 aliphatic heterocycles. The SMILES string of the molecule is C[C@@H](c1cccc2ccccc12)N(OC(C)(C)C)C(=O)C[C@@H](c1ccccc1)N(Cc1ccccc1)Cc1ccccc1. The summed E-state index contributed by atoms with van der Waals surface area (Å²) in [6, 6.07) is 45.5. The molecule has 0 aliphatic carbocycles. The van der Waals surface area contributed by atoms with Crippen molar-refractivity contribution in [2.45, 2.75) is 64.9 Å². The smallest absolute Gasteiger partial charge is 0.248 e. The zero-order valence-electron chi connectivity index (χ0n) is 25.7. The number of benzene rings is 5. The van der Waals surface area contributed by atoms with Crippen LogP contribution in [-0.2, 0) is 22.7 Å². The van der Waals surface area contributed by atoms with Crippen molar-refractivity contribution < 1.29 is 9.63 Å². The Balaban J connectivity index is 1.53. The highest BCUT2D eigenvalue weighted by Crippen LogP contribution is 2.34. The van der Waals surface area contributed by atoms with Gasteiger partial charge in [0.15, 0.2) is 0 Å². The Morgan fingerprint density at radius 3 is 1.77 bits per heavy atom. The molecule has 0 unspecified atom stereocenters. The van der Waals surface area contributed by atoms with E-state index in [4.69, 9.17) is 4.84 Å². The quantitative estimate of drug-likeness (QED) is 0.148. The van der Waals surface area contributed by atoms with Crippen LogP contribution in [0.1, 0.15) is 68.5 Å². The topological polar surface area (TPSA) is 32.8 Å². The Bertz CT molecular complexity index is 1550. The molecule has 2 atom stereocenters. The molecule has 0 saturated heterocycles. The maximum absolute atomic E-state index is 14.5. The second kappa shape index (κ2) is 13.8. The molecule has 4 heteroatoms. The third-order valence-electron chi connectivity index (χ3n) is 7.69. The number of carbonyl (C=O) groups excluding carboxylic acids is 1. The first-order chi connectivity index (χ1) is 20.8. The first-order valence-corrected chi connectivity index (χ1v) is 15.1. The summed E-state index contributed by atoms with van der Waals surface area (Å²) in [5.74, 6) is -0.0460. The van der Waals surface area contributed by atoms with Crippen LogP contribution in [0.15, 0.2) is 133 Å². The van der Waals surface area contributed by atoms with Gasteiger partial charge < -0.3 is 0 Å². The average Bonchev–Trinajstić information content (AvgIpc) is 3.02. The van der Waals surface area contributed by atoms with Crippen LogP contribution in [0, 0.1) is 0 Å². The second-order valence-corrected chi connectivity index (χ2v) is 12.2. The van der Waals surface area contributed by atoms with Gasteiger partial charge in [0.25, 0.3) is 0 Å². The minimum Gasteiger partial charge on any atom is -0.287 e. The molecule has 220 valence electrons. The van der Waals surface area contributed by atoms with Gasteiger partial charge in [-0.05, 0) is 60.7 Å². The van der Waals surface area contributed by atoms with Gasteiger partial charge in [0.05, 0.1) is 11.6 Å². The summed E-state index contributed by atoms with van der Waals surface area (Å²) in [5.41, 5.74) is 4.04. The lowest BCUT2D eigenvalue weighted by molar-refractivity contribution is -0.243. The van der Waals surface area contributed by atoms with E-state index in [1.165, 1.54) is 11.1 Å². The monoisotopic (exact) mass is 570 g/mol. The van der Waals surface area contributed by atoms with Crippen LogP contribution < -0.4 is 0 Å². The van der Waals surface area contributed by atoms with E-state index in [1.807, 2.05) is 51.1 Å². The molecule has 0 saturated carbocycles. The van der Waals surface area contributed by atoms with Crippen LogP contribution >= 0.6 is 0 Å². The van der Waals surface area contributed by atoms with E-state index in [2.05, 4.69) is 115 Å². The average molecular weight is 571 g/mol. The second-order valence-electron chi connectivity index (χ2n) is 12.2. The van der Waals surface area contributed by atoms with E-state index in [9.17, 15) is 4.79 Å². The summed E-state index contributed by atoms with van der Waals surface area (Å²) in [4.78, 5) is 23.4. The van der Waals surface area contributed by atoms with E-state index in [-0.39, 0.29) is 24.4 Å². The molecule has 0 N–H and O–H groups in total. The van der Waals surface area contributed by atoms with E-state index in [0.717, 1.165) is 21.9 Å². The predicted molar refractivity (Wildman–Crippen MR) is 176 cm³/mol. The van der Waals surface area contributed by atoms with Gasteiger partial charge in [-0.1, -0.05) is 133 Å². The van der Waals surface area contributed by atoms with Gasteiger partial charge in [-0.15, -0.1) is 0 Å². The number of nitrogens with zero attached hydrogens (tertiary/aromatic N) is 2. The first kappa shape index (κ1) is 30.2. The molecule has 0 fully saturated rings. The number of amides is 1. The van der Waals surface area contributed by atoms with Crippen LogP contribution in [0.5, 0.6) is 0 Å². The highest BCUT2D eigenvalue weighted by Gasteiger charge is 2.32. The van der Waals surface area contributed by atoms with Gasteiger partial charge in [-0.25, -0.2) is 5.06 Å². The molecular formula is C39H42N2O2. The van der Waals surface area contributed by atoms with Gasteiger partial charge in [-0.2, -0.15) is 0 Å². The molecule has 5 aromatic rings. The molecule has 0 aliphatic rings. The summed E-state index contributed by atoms with van der Waals surface area (Å²) in [7, 11) is 0. The van der Waals surface area contributed by atoms with E-state index in [0.29, 0.717) is 13.1 Å². The third-order valence-corrected chi connectivity index (χ3v) is 7.69. The summed E-state index contributed by atoms with van der Waals surface area (Å²) >= 11 is 0. The zero-order chi connectivity index (χ0) is 30.2. The number of fused-ring (bicyclic) bond motifs is 1. The lowest BCUT2D eigenvalue weighted by Crippen LogP contribution is -2.42. The van der Waals surface area contributed by atoms with E-state index >= 15 is 0 Å². The number of rotatable bonds is 11. The van der Waals surface area contributed by atoms with Crippen molar-refractivity contribution >= 4 is 16.7 Å². The molecule has 43 heavy (non-hydrogen) atoms. The van der Waals surface area contributed by atoms with Crippen molar-refractivity contribution in [1.82, 2.24) is 9.96 Å². The Kier molecular flexibility index (Phi) is 9.71. The molecule has 0 aromatic heterocycles. The Labute approximate surface area is 256 Å². The molecule has 1 amide bonds. The molecule has 5 rings (SSSR count). The van der Waals surface area contributed by atoms with Crippen LogP contribution in [0.3, 0.4) is 0 Å². The largest absolute Gasteiger partial charge is 0.287 e. The van der Waals surface area contributed by atoms with Crippen molar-refractivity contribution in [2.24, 2.45) is 0 Å². The van der Waals surface area contributed by atoms with E-state index < -0.39 is 5.60 Å². The fourth-order valence-corrected chi connectivity index (χ4v) is 5.68. The van der Waals surface area contributed by atoms with Crippen molar-refractivity contribution in [1.29, 1.82) is 0 Å². The molecule has 4 nitrogen and oxygen atoms in total. The third kappa shape index (κ3) is 7.98. The normalized spacial score (nSPS) is 13.1. The number of hydrogen-bond acceptors (Lipinski definition) is 3. The predicted octanol–water partition coefficient (Wildman–Crippen LogP) is 9.29. The maximum Gasteiger partial charge on any atom is 0.248 e. The first-order valence-electron chi connectivity index (χ1n) is 15.1. The van der Waals surface area contributed by atoms with Crippen molar-refractivity contribution in [3.8, 4) is 0 Å². The van der Waals surface area contributed by atoms with Crippen LogP contribution in [0.2, 0.25) is 0 Å². The van der Waals surface area contributed by atoms with Crippen LogP contribution in [0.25, 0.3) is 10.8 Å². The lowest BCUT2D eigenvalue weighted by Gasteiger charge is -2.37. The maximum atomic E-state index is 14.5. The summed E-state index contributed by atoms with van der Waals surface area (Å²) in [6.07, 6.45) is 0.273. The minimum atomic E-state index is -0.551. The molecule has 0 spiro atoms. The van der Waals surface area contributed by atoms with Gasteiger partial charge in [0.2, 0.25) is 5.91 Å². The fraction of sp³-hybridized carbons (Fsp3) is 0.256. The fourth-order valence-electron chi connectivity index (χ4n) is 5.68. The van der Waals surface area contributed by atoms with Crippen molar-refractivity contribution in [3.63, 3.8) is 0 Å². The van der Waals surface area contributed by atoms with Crippen LogP contribution in [0.4, 0.5) is 0 Å². The van der Waals surface area contributed by atoms with Crippen molar-refractivity contribution in [3.05, 3.63) is 156 Å². The molecular weight excluding hydrogens is 528 g/mol. The van der Waals surface area contributed by atoms with Gasteiger partial charge in [0, 0.05) is 25.6 Å². The van der Waals surface area contributed by atoms with Gasteiger partial charge in [0.1, 0.15) is 0 Å². The number of carbonyl (C=O) groups is 1. The highest BCUT2D eigenvalue weighted by atomic mass is 16.7. The minimum absolute atomic E-state index is 0.0460. The molecule has 5 aromatic carbocycles. The zero-order valence-corrected chi connectivity index (χ0v) is 25.7. The van der Waals surface area contributed by atoms with Gasteiger partial charge in [-0.3, -0.25) is 14.5 Å². The molecule has 0 radical (unpaired) electrons. The van der Waals surface area contributed by atoms with E-state index in [1.54, 1.807) is 5.06 Å². The molecule has 0 bridgehead atoms. The summed E-state index contributed by atoms with van der Waals surface area (Å²) in [6.45, 7) is 9.47. The van der Waals surface area contributed by atoms with Gasteiger partial charge >= 0.3 is 0 Å². The standard InChI is InChI=1S/C39H42N2O2/c1-30(35-26-16-24-33-21-14-15-25-36(33)35)41(43-39(2,3)4)38(42)27-37(34-22-12-7-13-23-34)40(28-31-17-8-5-9-18-31)29-32-19-10-6-11-20-32/h5-26,30,37H,27-29H2,1-4H3/t30-,37-/m0/s1. The summed E-state index contributed by atoms with van der Waals surface area (Å²) in [5, 5.41) is 3.90. The number of hydrogen-bond donors (Lipinski definition) is 0. The highest BCUT2D eigenvalue weighted by molar-refractivity contribution is 5.86. The van der Waals surface area contributed by atoms with Crippen molar-refractivity contribution in [2.75, 3.05) is 0 Å².